The fourth-order valence-corrected chi connectivity index (χ4v) is 1.04. The van der Waals surface area contributed by atoms with Gasteiger partial charge in [-0.2, -0.15) is 0 Å². The van der Waals surface area contributed by atoms with Gasteiger partial charge in [-0.15, -0.1) is 0 Å². The number of rotatable bonds is 2. The Morgan fingerprint density at radius 3 is 2.62 bits per heavy atom. The number of carboxylic acid groups (broad SMARTS) is 1. The molecule has 0 spiro atoms. The molecule has 13 heavy (non-hydrogen) atoms. The molecule has 0 aliphatic carbocycles. The largest absolute Gasteiger partial charge is 0.477 e. The van der Waals surface area contributed by atoms with Crippen molar-refractivity contribution in [1.82, 2.24) is 4.98 Å². The zero-order chi connectivity index (χ0) is 10.0. The second-order valence-corrected chi connectivity index (χ2v) is 2.61. The molecule has 0 radical (unpaired) electrons. The molecular weight excluding hydrogens is 198 g/mol. The number of carbonyl (C=O) groups is 2. The van der Waals surface area contributed by atoms with Crippen molar-refractivity contribution in [2.45, 2.75) is 0 Å². The van der Waals surface area contributed by atoms with Crippen LogP contribution in [0.3, 0.4) is 0 Å². The number of aromatic nitrogens is 1. The van der Waals surface area contributed by atoms with Crippen molar-refractivity contribution in [1.29, 1.82) is 0 Å². The molecule has 1 aromatic rings. The molecule has 1 rings (SSSR count). The third kappa shape index (κ3) is 1.81. The Balaban J connectivity index is 3.09. The third-order valence-electron chi connectivity index (χ3n) is 1.39. The number of aromatic carboxylic acids is 1. The van der Waals surface area contributed by atoms with Crippen LogP contribution in [-0.2, 0) is 4.74 Å². The topological polar surface area (TPSA) is 79.4 Å². The van der Waals surface area contributed by atoms with Crippen molar-refractivity contribution >= 4 is 23.5 Å². The molecule has 6 heteroatoms. The van der Waals surface area contributed by atoms with Crippen molar-refractivity contribution in [3.05, 3.63) is 22.5 Å². The number of halogens is 1. The standard InChI is InChI=1S/C7H6ClNO4/c1-13-7(12)4-2-3(8)5(9-4)6(10)11/h2,9H,1H3,(H,10,11). The van der Waals surface area contributed by atoms with Crippen molar-refractivity contribution in [2.24, 2.45) is 0 Å². The van der Waals surface area contributed by atoms with E-state index in [0.29, 0.717) is 0 Å². The summed E-state index contributed by atoms with van der Waals surface area (Å²) in [5.74, 6) is -1.88. The number of methoxy groups -OCH3 is 1. The Morgan fingerprint density at radius 2 is 2.23 bits per heavy atom. The Hall–Kier alpha value is -1.49. The molecule has 1 heterocycles. The summed E-state index contributed by atoms with van der Waals surface area (Å²) in [6.07, 6.45) is 0. The van der Waals surface area contributed by atoms with Crippen LogP contribution in [0.15, 0.2) is 6.07 Å². The number of hydrogen-bond donors (Lipinski definition) is 2. The van der Waals surface area contributed by atoms with Gasteiger partial charge in [-0.25, -0.2) is 9.59 Å². The highest BCUT2D eigenvalue weighted by Gasteiger charge is 2.16. The maximum absolute atomic E-state index is 10.9. The van der Waals surface area contributed by atoms with E-state index in [-0.39, 0.29) is 16.4 Å². The van der Waals surface area contributed by atoms with Crippen molar-refractivity contribution in [3.8, 4) is 0 Å². The molecule has 0 aliphatic heterocycles. The third-order valence-corrected chi connectivity index (χ3v) is 1.69. The molecule has 5 nitrogen and oxygen atoms in total. The molecule has 0 aromatic carbocycles. The molecule has 2 N–H and O–H groups in total. The van der Waals surface area contributed by atoms with Gasteiger partial charge >= 0.3 is 11.9 Å². The number of hydrogen-bond acceptors (Lipinski definition) is 3. The normalized spacial score (nSPS) is 9.69. The number of carbonyl (C=O) groups excluding carboxylic acids is 1. The van der Waals surface area contributed by atoms with Gasteiger partial charge in [0.1, 0.15) is 11.4 Å². The van der Waals surface area contributed by atoms with E-state index in [1.807, 2.05) is 0 Å². The van der Waals surface area contributed by atoms with E-state index in [4.69, 9.17) is 16.7 Å². The second kappa shape index (κ2) is 3.49. The van der Waals surface area contributed by atoms with Crippen LogP contribution < -0.4 is 0 Å². The molecule has 0 saturated carbocycles. The minimum Gasteiger partial charge on any atom is -0.477 e. The maximum atomic E-state index is 10.9. The van der Waals surface area contributed by atoms with Gasteiger partial charge in [0.25, 0.3) is 0 Å². The lowest BCUT2D eigenvalue weighted by Gasteiger charge is -1.92. The molecule has 0 fully saturated rings. The highest BCUT2D eigenvalue weighted by Crippen LogP contribution is 2.17. The van der Waals surface area contributed by atoms with E-state index < -0.39 is 11.9 Å². The monoisotopic (exact) mass is 203 g/mol. The summed E-state index contributed by atoms with van der Waals surface area (Å²) >= 11 is 5.52. The van der Waals surface area contributed by atoms with Gasteiger partial charge in [0.2, 0.25) is 0 Å². The van der Waals surface area contributed by atoms with Crippen LogP contribution in [0.25, 0.3) is 0 Å². The summed E-state index contributed by atoms with van der Waals surface area (Å²) in [6.45, 7) is 0. The van der Waals surface area contributed by atoms with Gasteiger partial charge in [0, 0.05) is 0 Å². The van der Waals surface area contributed by atoms with Crippen molar-refractivity contribution < 1.29 is 19.4 Å². The number of aromatic amines is 1. The minimum absolute atomic E-state index is 0.0184. The lowest BCUT2D eigenvalue weighted by Crippen LogP contribution is -2.03. The zero-order valence-corrected chi connectivity index (χ0v) is 7.38. The molecule has 0 bridgehead atoms. The van der Waals surface area contributed by atoms with Crippen molar-refractivity contribution in [2.75, 3.05) is 7.11 Å². The molecule has 0 unspecified atom stereocenters. The molecule has 0 saturated heterocycles. The van der Waals surface area contributed by atoms with E-state index in [1.54, 1.807) is 0 Å². The number of esters is 1. The number of H-pyrrole nitrogens is 1. The van der Waals surface area contributed by atoms with Gasteiger partial charge < -0.3 is 14.8 Å². The molecular formula is C7H6ClNO4. The summed E-state index contributed by atoms with van der Waals surface area (Å²) < 4.78 is 4.36. The lowest BCUT2D eigenvalue weighted by atomic mass is 10.4. The molecule has 70 valence electrons. The van der Waals surface area contributed by atoms with Gasteiger partial charge in [-0.3, -0.25) is 0 Å². The maximum Gasteiger partial charge on any atom is 0.354 e. The Bertz CT molecular complexity index is 357. The summed E-state index contributed by atoms with van der Waals surface area (Å²) in [4.78, 5) is 23.7. The Labute approximate surface area is 78.3 Å². The minimum atomic E-state index is -1.22. The number of nitrogens with one attached hydrogen (secondary N) is 1. The van der Waals surface area contributed by atoms with Crippen molar-refractivity contribution in [3.63, 3.8) is 0 Å². The van der Waals surface area contributed by atoms with E-state index >= 15 is 0 Å². The fourth-order valence-electron chi connectivity index (χ4n) is 0.805. The molecule has 0 atom stereocenters. The average Bonchev–Trinajstić information content (AvgIpc) is 2.46. The first-order chi connectivity index (χ1) is 6.06. The van der Waals surface area contributed by atoms with Crippen LogP contribution >= 0.6 is 11.6 Å². The lowest BCUT2D eigenvalue weighted by molar-refractivity contribution is 0.0594. The molecule has 0 aliphatic rings. The average molecular weight is 204 g/mol. The molecule has 1 aromatic heterocycles. The van der Waals surface area contributed by atoms with Crippen LogP contribution in [0.2, 0.25) is 5.02 Å². The summed E-state index contributed by atoms with van der Waals surface area (Å²) in [6, 6.07) is 1.21. The number of ether oxygens (including phenoxy) is 1. The van der Waals surface area contributed by atoms with Gasteiger partial charge in [-0.1, -0.05) is 11.6 Å². The van der Waals surface area contributed by atoms with E-state index in [0.717, 1.165) is 0 Å². The Morgan fingerprint density at radius 1 is 1.62 bits per heavy atom. The first-order valence-corrected chi connectivity index (χ1v) is 3.64. The summed E-state index contributed by atoms with van der Waals surface area (Å²) in [5, 5.41) is 8.55. The van der Waals surface area contributed by atoms with Crippen LogP contribution in [-0.4, -0.2) is 29.1 Å². The van der Waals surface area contributed by atoms with Crippen LogP contribution in [0.1, 0.15) is 21.0 Å². The molecule has 0 amide bonds. The Kier molecular flexibility index (Phi) is 2.57. The highest BCUT2D eigenvalue weighted by molar-refractivity contribution is 6.33. The van der Waals surface area contributed by atoms with Gasteiger partial charge in [0.05, 0.1) is 12.1 Å². The first kappa shape index (κ1) is 9.60. The van der Waals surface area contributed by atoms with E-state index in [2.05, 4.69) is 9.72 Å². The predicted molar refractivity (Wildman–Crippen MR) is 44.1 cm³/mol. The predicted octanol–water partition coefficient (Wildman–Crippen LogP) is 1.15. The highest BCUT2D eigenvalue weighted by atomic mass is 35.5. The summed E-state index contributed by atoms with van der Waals surface area (Å²) in [7, 11) is 1.19. The summed E-state index contributed by atoms with van der Waals surface area (Å²) in [5.41, 5.74) is -0.202. The smallest absolute Gasteiger partial charge is 0.354 e. The van der Waals surface area contributed by atoms with Gasteiger partial charge in [-0.05, 0) is 6.07 Å². The second-order valence-electron chi connectivity index (χ2n) is 2.20. The quantitative estimate of drug-likeness (QED) is 0.707. The SMILES string of the molecule is COC(=O)c1cc(Cl)c(C(=O)O)[nH]1. The van der Waals surface area contributed by atoms with Crippen LogP contribution in [0.5, 0.6) is 0 Å². The van der Waals surface area contributed by atoms with Gasteiger partial charge in [0.15, 0.2) is 0 Å². The van der Waals surface area contributed by atoms with Crippen LogP contribution in [0.4, 0.5) is 0 Å². The zero-order valence-electron chi connectivity index (χ0n) is 6.63. The first-order valence-electron chi connectivity index (χ1n) is 3.26. The number of carboxylic acids is 1. The van der Waals surface area contributed by atoms with Crippen LogP contribution in [0, 0.1) is 0 Å². The van der Waals surface area contributed by atoms with E-state index in [9.17, 15) is 9.59 Å². The fraction of sp³-hybridized carbons (Fsp3) is 0.143. The van der Waals surface area contributed by atoms with E-state index in [1.165, 1.54) is 13.2 Å².